The largest absolute Gasteiger partial charge is 0.359 e. The molecule has 1 amide bonds. The van der Waals surface area contributed by atoms with Crippen LogP contribution in [0.5, 0.6) is 0 Å². The van der Waals surface area contributed by atoms with Crippen molar-refractivity contribution in [1.29, 1.82) is 0 Å². The standard InChI is InChI=1S/C19H20ClNO3S2/c1-21-16(23)8-10-26-15-4-2-3-13(22)17(15)19(24)12-5-6-14-11(18(12)20)7-9-25-14/h5-6H,2-4,7-10H2,1H3,(H,21,23). The molecule has 0 atom stereocenters. The van der Waals surface area contributed by atoms with Gasteiger partial charge in [-0.3, -0.25) is 14.4 Å². The summed E-state index contributed by atoms with van der Waals surface area (Å²) in [5.41, 5.74) is 1.70. The molecule has 0 aromatic heterocycles. The van der Waals surface area contributed by atoms with Gasteiger partial charge in [0.25, 0.3) is 0 Å². The lowest BCUT2D eigenvalue weighted by Crippen LogP contribution is -2.20. The Hall–Kier alpha value is -1.24. The van der Waals surface area contributed by atoms with Crippen LogP contribution < -0.4 is 5.32 Å². The number of rotatable bonds is 6. The molecule has 1 aliphatic heterocycles. The predicted octanol–water partition coefficient (Wildman–Crippen LogP) is 4.05. The van der Waals surface area contributed by atoms with E-state index in [0.717, 1.165) is 34.0 Å². The van der Waals surface area contributed by atoms with E-state index in [0.29, 0.717) is 35.6 Å². The summed E-state index contributed by atoms with van der Waals surface area (Å²) in [6.45, 7) is 0. The van der Waals surface area contributed by atoms with Crippen LogP contribution in [0.15, 0.2) is 27.5 Å². The first-order valence-corrected chi connectivity index (χ1v) is 11.0. The van der Waals surface area contributed by atoms with Crippen molar-refractivity contribution in [3.8, 4) is 0 Å². The SMILES string of the molecule is CNC(=O)CCSC1=C(C(=O)c2ccc3c(c2Cl)CCS3)C(=O)CCC1. The third kappa shape index (κ3) is 4.02. The quantitative estimate of drug-likeness (QED) is 0.567. The fourth-order valence-electron chi connectivity index (χ4n) is 3.15. The number of allylic oxidation sites excluding steroid dienone is 2. The van der Waals surface area contributed by atoms with Crippen LogP contribution in [-0.4, -0.2) is 36.0 Å². The lowest BCUT2D eigenvalue weighted by molar-refractivity contribution is -0.120. The van der Waals surface area contributed by atoms with E-state index < -0.39 is 0 Å². The topological polar surface area (TPSA) is 63.2 Å². The Kier molecular flexibility index (Phi) is 6.48. The van der Waals surface area contributed by atoms with Crippen molar-refractivity contribution in [3.05, 3.63) is 38.8 Å². The van der Waals surface area contributed by atoms with Gasteiger partial charge in [-0.2, -0.15) is 0 Å². The molecule has 0 fully saturated rings. The second kappa shape index (κ2) is 8.63. The van der Waals surface area contributed by atoms with Gasteiger partial charge in [-0.05, 0) is 41.9 Å². The Labute approximate surface area is 166 Å². The van der Waals surface area contributed by atoms with Crippen LogP contribution in [0.25, 0.3) is 0 Å². The summed E-state index contributed by atoms with van der Waals surface area (Å²) >= 11 is 9.68. The zero-order valence-corrected chi connectivity index (χ0v) is 16.9. The number of ketones is 2. The van der Waals surface area contributed by atoms with E-state index in [9.17, 15) is 14.4 Å². The van der Waals surface area contributed by atoms with Gasteiger partial charge in [0.15, 0.2) is 11.6 Å². The summed E-state index contributed by atoms with van der Waals surface area (Å²) in [6.07, 6.45) is 3.03. The molecule has 1 aromatic carbocycles. The van der Waals surface area contributed by atoms with E-state index >= 15 is 0 Å². The Bertz CT molecular complexity index is 804. The molecule has 1 heterocycles. The van der Waals surface area contributed by atoms with E-state index in [4.69, 9.17) is 11.6 Å². The highest BCUT2D eigenvalue weighted by atomic mass is 35.5. The van der Waals surface area contributed by atoms with Gasteiger partial charge >= 0.3 is 0 Å². The zero-order valence-electron chi connectivity index (χ0n) is 14.5. The first-order valence-electron chi connectivity index (χ1n) is 8.61. The van der Waals surface area contributed by atoms with E-state index in [1.165, 1.54) is 11.8 Å². The molecule has 2 aliphatic rings. The smallest absolute Gasteiger partial charge is 0.220 e. The third-order valence-corrected chi connectivity index (χ3v) is 7.23. The molecule has 1 N–H and O–H groups in total. The Balaban J connectivity index is 1.89. The van der Waals surface area contributed by atoms with Crippen LogP contribution >= 0.6 is 35.1 Å². The molecule has 3 rings (SSSR count). The van der Waals surface area contributed by atoms with Crippen molar-refractivity contribution in [1.82, 2.24) is 5.32 Å². The molecule has 26 heavy (non-hydrogen) atoms. The fourth-order valence-corrected chi connectivity index (χ4v) is 5.79. The summed E-state index contributed by atoms with van der Waals surface area (Å²) in [4.78, 5) is 39.0. The molecule has 0 bridgehead atoms. The molecule has 4 nitrogen and oxygen atoms in total. The van der Waals surface area contributed by atoms with Gasteiger partial charge in [0.2, 0.25) is 5.91 Å². The monoisotopic (exact) mass is 409 g/mol. The van der Waals surface area contributed by atoms with Gasteiger partial charge in [-0.25, -0.2) is 0 Å². The molecule has 138 valence electrons. The Morgan fingerprint density at radius 2 is 2.08 bits per heavy atom. The minimum Gasteiger partial charge on any atom is -0.359 e. The summed E-state index contributed by atoms with van der Waals surface area (Å²) in [6, 6.07) is 3.67. The highest BCUT2D eigenvalue weighted by Crippen LogP contribution is 2.40. The number of hydrogen-bond donors (Lipinski definition) is 1. The average Bonchev–Trinajstić information content (AvgIpc) is 3.11. The molecule has 7 heteroatoms. The van der Waals surface area contributed by atoms with Crippen LogP contribution in [0.2, 0.25) is 5.02 Å². The summed E-state index contributed by atoms with van der Waals surface area (Å²) in [5, 5.41) is 3.07. The predicted molar refractivity (Wildman–Crippen MR) is 107 cm³/mol. The molecule has 1 aliphatic carbocycles. The lowest BCUT2D eigenvalue weighted by Gasteiger charge is -2.19. The van der Waals surface area contributed by atoms with Crippen LogP contribution in [0.4, 0.5) is 0 Å². The van der Waals surface area contributed by atoms with Crippen LogP contribution in [0, 0.1) is 0 Å². The number of benzene rings is 1. The van der Waals surface area contributed by atoms with Crippen molar-refractivity contribution < 1.29 is 14.4 Å². The van der Waals surface area contributed by atoms with E-state index in [1.54, 1.807) is 24.9 Å². The number of halogens is 1. The summed E-state index contributed by atoms with van der Waals surface area (Å²) in [7, 11) is 1.60. The molecule has 1 aromatic rings. The fraction of sp³-hybridized carbons (Fsp3) is 0.421. The van der Waals surface area contributed by atoms with Crippen LogP contribution in [0.1, 0.15) is 41.6 Å². The van der Waals surface area contributed by atoms with Gasteiger partial charge in [0.1, 0.15) is 0 Å². The van der Waals surface area contributed by atoms with Crippen molar-refractivity contribution in [2.45, 2.75) is 37.0 Å². The summed E-state index contributed by atoms with van der Waals surface area (Å²) < 4.78 is 0. The normalized spacial score (nSPS) is 16.6. The number of carbonyl (C=O) groups excluding carboxylic acids is 3. The molecule has 0 spiro atoms. The second-order valence-corrected chi connectivity index (χ2v) is 8.88. The van der Waals surface area contributed by atoms with Crippen molar-refractivity contribution in [2.24, 2.45) is 0 Å². The van der Waals surface area contributed by atoms with E-state index in [-0.39, 0.29) is 23.0 Å². The second-order valence-electron chi connectivity index (χ2n) is 6.18. The maximum atomic E-state index is 13.1. The Morgan fingerprint density at radius 1 is 1.27 bits per heavy atom. The molecular formula is C19H20ClNO3S2. The number of thioether (sulfide) groups is 2. The number of fused-ring (bicyclic) bond motifs is 1. The first kappa shape index (κ1) is 19.5. The first-order chi connectivity index (χ1) is 12.5. The van der Waals surface area contributed by atoms with Gasteiger partial charge in [0.05, 0.1) is 10.6 Å². The van der Waals surface area contributed by atoms with Crippen molar-refractivity contribution in [2.75, 3.05) is 18.6 Å². The van der Waals surface area contributed by atoms with Gasteiger partial charge in [0, 0.05) is 41.9 Å². The zero-order chi connectivity index (χ0) is 18.7. The molecular weight excluding hydrogens is 390 g/mol. The number of Topliss-reactive ketones (excluding diaryl/α,β-unsaturated/α-hetero) is 2. The Morgan fingerprint density at radius 3 is 2.85 bits per heavy atom. The van der Waals surface area contributed by atoms with Crippen molar-refractivity contribution in [3.63, 3.8) is 0 Å². The van der Waals surface area contributed by atoms with Crippen LogP contribution in [-0.2, 0) is 16.0 Å². The lowest BCUT2D eigenvalue weighted by atomic mass is 9.91. The van der Waals surface area contributed by atoms with Crippen molar-refractivity contribution >= 4 is 52.6 Å². The maximum Gasteiger partial charge on any atom is 0.220 e. The number of hydrogen-bond acceptors (Lipinski definition) is 5. The minimum atomic E-state index is -0.276. The minimum absolute atomic E-state index is 0.0488. The highest BCUT2D eigenvalue weighted by Gasteiger charge is 2.30. The number of nitrogens with one attached hydrogen (secondary N) is 1. The van der Waals surface area contributed by atoms with E-state index in [2.05, 4.69) is 5.32 Å². The van der Waals surface area contributed by atoms with E-state index in [1.807, 2.05) is 6.07 Å². The van der Waals surface area contributed by atoms with Crippen LogP contribution in [0.3, 0.4) is 0 Å². The maximum absolute atomic E-state index is 13.1. The number of carbonyl (C=O) groups is 3. The number of amides is 1. The summed E-state index contributed by atoms with van der Waals surface area (Å²) in [5.74, 6) is 1.08. The van der Waals surface area contributed by atoms with Gasteiger partial charge < -0.3 is 5.32 Å². The third-order valence-electron chi connectivity index (χ3n) is 4.53. The molecule has 0 radical (unpaired) electrons. The molecule has 0 saturated heterocycles. The highest BCUT2D eigenvalue weighted by molar-refractivity contribution is 8.03. The average molecular weight is 410 g/mol. The van der Waals surface area contributed by atoms with Gasteiger partial charge in [-0.1, -0.05) is 11.6 Å². The van der Waals surface area contributed by atoms with Gasteiger partial charge in [-0.15, -0.1) is 23.5 Å². The molecule has 0 saturated carbocycles. The molecule has 0 unspecified atom stereocenters.